The van der Waals surface area contributed by atoms with Crippen LogP contribution in [0.4, 0.5) is 0 Å². The van der Waals surface area contributed by atoms with Gasteiger partial charge in [0.1, 0.15) is 6.04 Å². The van der Waals surface area contributed by atoms with Gasteiger partial charge in [0.25, 0.3) is 0 Å². The fourth-order valence-corrected chi connectivity index (χ4v) is 5.74. The number of carbonyl (C=O) groups excluding carboxylic acids is 2. The van der Waals surface area contributed by atoms with Gasteiger partial charge in [0, 0.05) is 41.7 Å². The second kappa shape index (κ2) is 14.1. The van der Waals surface area contributed by atoms with E-state index in [2.05, 4.69) is 5.32 Å². The molecule has 0 aliphatic rings. The Kier molecular flexibility index (Phi) is 11.2. The van der Waals surface area contributed by atoms with Crippen molar-refractivity contribution >= 4 is 45.0 Å². The van der Waals surface area contributed by atoms with Crippen LogP contribution in [0.1, 0.15) is 37.0 Å². The number of nitrogens with zero attached hydrogens (tertiary/aromatic N) is 2. The zero-order chi connectivity index (χ0) is 29.4. The zero-order valence-corrected chi connectivity index (χ0v) is 25.4. The molecule has 0 saturated carbocycles. The van der Waals surface area contributed by atoms with Gasteiger partial charge in [0.05, 0.1) is 11.4 Å². The molecule has 214 valence electrons. The van der Waals surface area contributed by atoms with Crippen molar-refractivity contribution in [3.8, 4) is 0 Å². The molecule has 3 rings (SSSR count). The third kappa shape index (κ3) is 8.07. The molecule has 1 N–H and O–H groups in total. The van der Waals surface area contributed by atoms with Crippen molar-refractivity contribution in [2.75, 3.05) is 13.6 Å². The summed E-state index contributed by atoms with van der Waals surface area (Å²) >= 11 is 12.9. The average Bonchev–Trinajstić information content (AvgIpc) is 2.92. The summed E-state index contributed by atoms with van der Waals surface area (Å²) in [5.74, 6) is -0.909. The maximum absolute atomic E-state index is 14.0. The van der Waals surface area contributed by atoms with Gasteiger partial charge in [0.2, 0.25) is 21.8 Å². The largest absolute Gasteiger partial charge is 0.352 e. The highest BCUT2D eigenvalue weighted by Crippen LogP contribution is 2.27. The molecule has 2 atom stereocenters. The summed E-state index contributed by atoms with van der Waals surface area (Å²) in [5.41, 5.74) is 2.23. The minimum Gasteiger partial charge on any atom is -0.352 e. The fraction of sp³-hybridized carbons (Fsp3) is 0.333. The monoisotopic (exact) mass is 603 g/mol. The number of hydrogen-bond acceptors (Lipinski definition) is 4. The van der Waals surface area contributed by atoms with Crippen LogP contribution in [0.5, 0.6) is 0 Å². The summed E-state index contributed by atoms with van der Waals surface area (Å²) in [6.07, 6.45) is 0.914. The number of carbonyl (C=O) groups is 2. The quantitative estimate of drug-likeness (QED) is 0.297. The number of benzene rings is 3. The van der Waals surface area contributed by atoms with Gasteiger partial charge in [-0.2, -0.15) is 4.31 Å². The van der Waals surface area contributed by atoms with Crippen molar-refractivity contribution in [3.05, 3.63) is 99.5 Å². The topological polar surface area (TPSA) is 86.8 Å². The molecule has 0 radical (unpaired) electrons. The minimum atomic E-state index is -3.97. The normalized spacial score (nSPS) is 13.1. The van der Waals surface area contributed by atoms with Gasteiger partial charge in [-0.05, 0) is 50.1 Å². The van der Waals surface area contributed by atoms with E-state index in [9.17, 15) is 18.0 Å². The number of hydrogen-bond donors (Lipinski definition) is 1. The molecule has 0 bridgehead atoms. The molecular weight excluding hydrogens is 569 g/mol. The first-order valence-electron chi connectivity index (χ1n) is 13.0. The smallest absolute Gasteiger partial charge is 0.243 e. The molecular formula is C30H35Cl2N3O4S. The fourth-order valence-electron chi connectivity index (χ4n) is 4.11. The molecule has 40 heavy (non-hydrogen) atoms. The summed E-state index contributed by atoms with van der Waals surface area (Å²) in [5, 5.41) is 3.66. The number of sulfonamides is 1. The third-order valence-corrected chi connectivity index (χ3v) is 9.28. The maximum Gasteiger partial charge on any atom is 0.243 e. The van der Waals surface area contributed by atoms with Gasteiger partial charge < -0.3 is 10.2 Å². The highest BCUT2D eigenvalue weighted by molar-refractivity contribution is 7.89. The third-order valence-electron chi connectivity index (χ3n) is 6.75. The maximum atomic E-state index is 14.0. The van der Waals surface area contributed by atoms with Gasteiger partial charge >= 0.3 is 0 Å². The van der Waals surface area contributed by atoms with Crippen molar-refractivity contribution in [1.29, 1.82) is 0 Å². The SMILES string of the molecule is CCC(C)NC(=O)C(Cc1ccccc1)N(Cc1c(Cl)cccc1Cl)C(=O)CN(C)S(=O)(=O)c1ccc(C)cc1. The Labute approximate surface area is 247 Å². The van der Waals surface area contributed by atoms with Crippen LogP contribution in [0.3, 0.4) is 0 Å². The molecule has 10 heteroatoms. The Balaban J connectivity index is 2.02. The van der Waals surface area contributed by atoms with Crippen LogP contribution in [0, 0.1) is 6.92 Å². The number of amides is 2. The first-order chi connectivity index (χ1) is 18.9. The second-order valence-electron chi connectivity index (χ2n) is 9.82. The lowest BCUT2D eigenvalue weighted by atomic mass is 10.0. The number of rotatable bonds is 12. The van der Waals surface area contributed by atoms with Gasteiger partial charge in [-0.25, -0.2) is 8.42 Å². The molecule has 0 fully saturated rings. The van der Waals surface area contributed by atoms with E-state index in [1.165, 1.54) is 24.1 Å². The molecule has 0 spiro atoms. The first-order valence-corrected chi connectivity index (χ1v) is 15.2. The van der Waals surface area contributed by atoms with Crippen molar-refractivity contribution in [3.63, 3.8) is 0 Å². The number of aryl methyl sites for hydroxylation is 1. The second-order valence-corrected chi connectivity index (χ2v) is 12.7. The summed E-state index contributed by atoms with van der Waals surface area (Å²) in [6.45, 7) is 5.13. The van der Waals surface area contributed by atoms with Crippen LogP contribution >= 0.6 is 23.2 Å². The van der Waals surface area contributed by atoms with Gasteiger partial charge in [0.15, 0.2) is 0 Å². The molecule has 0 heterocycles. The van der Waals surface area contributed by atoms with Crippen molar-refractivity contribution < 1.29 is 18.0 Å². The van der Waals surface area contributed by atoms with Crippen LogP contribution in [0.15, 0.2) is 77.7 Å². The van der Waals surface area contributed by atoms with Crippen LogP contribution in [-0.2, 0) is 32.6 Å². The molecule has 2 unspecified atom stereocenters. The highest BCUT2D eigenvalue weighted by Gasteiger charge is 2.34. The van der Waals surface area contributed by atoms with Crippen LogP contribution in [0.2, 0.25) is 10.0 Å². The Bertz CT molecular complexity index is 1400. The van der Waals surface area contributed by atoms with Crippen molar-refractivity contribution in [2.24, 2.45) is 0 Å². The Morgan fingerprint density at radius 3 is 2.10 bits per heavy atom. The molecule has 0 aromatic heterocycles. The predicted molar refractivity (Wildman–Crippen MR) is 160 cm³/mol. The summed E-state index contributed by atoms with van der Waals surface area (Å²) in [7, 11) is -2.62. The van der Waals surface area contributed by atoms with E-state index in [1.807, 2.05) is 51.1 Å². The van der Waals surface area contributed by atoms with E-state index < -0.39 is 28.5 Å². The van der Waals surface area contributed by atoms with Crippen LogP contribution < -0.4 is 5.32 Å². The summed E-state index contributed by atoms with van der Waals surface area (Å²) in [4.78, 5) is 29.1. The molecule has 0 saturated heterocycles. The van der Waals surface area contributed by atoms with Crippen LogP contribution in [0.25, 0.3) is 0 Å². The van der Waals surface area contributed by atoms with Crippen LogP contribution in [-0.4, -0.2) is 55.1 Å². The molecule has 7 nitrogen and oxygen atoms in total. The minimum absolute atomic E-state index is 0.0736. The van der Waals surface area contributed by atoms with E-state index in [0.717, 1.165) is 15.4 Å². The molecule has 2 amide bonds. The van der Waals surface area contributed by atoms with E-state index in [-0.39, 0.29) is 29.8 Å². The highest BCUT2D eigenvalue weighted by atomic mass is 35.5. The van der Waals surface area contributed by atoms with Gasteiger partial charge in [-0.15, -0.1) is 0 Å². The lowest BCUT2D eigenvalue weighted by molar-refractivity contribution is -0.141. The van der Waals surface area contributed by atoms with E-state index in [4.69, 9.17) is 23.2 Å². The Hall–Kier alpha value is -2.91. The van der Waals surface area contributed by atoms with Crippen molar-refractivity contribution in [1.82, 2.24) is 14.5 Å². The Morgan fingerprint density at radius 2 is 1.52 bits per heavy atom. The number of nitrogens with one attached hydrogen (secondary N) is 1. The lowest BCUT2D eigenvalue weighted by Gasteiger charge is -2.33. The standard InChI is InChI=1S/C30H35Cl2N3O4S/c1-5-22(3)33-30(37)28(18-23-10-7-6-8-11-23)35(19-25-26(31)12-9-13-27(25)32)29(36)20-34(4)40(38,39)24-16-14-21(2)15-17-24/h6-17,22,28H,5,18-20H2,1-4H3,(H,33,37). The Morgan fingerprint density at radius 1 is 0.925 bits per heavy atom. The van der Waals surface area contributed by atoms with Gasteiger partial charge in [-0.1, -0.05) is 84.2 Å². The van der Waals surface area contributed by atoms with E-state index in [0.29, 0.717) is 22.0 Å². The molecule has 3 aromatic rings. The lowest BCUT2D eigenvalue weighted by Crippen LogP contribution is -2.54. The predicted octanol–water partition coefficient (Wildman–Crippen LogP) is 5.48. The average molecular weight is 605 g/mol. The molecule has 3 aromatic carbocycles. The zero-order valence-electron chi connectivity index (χ0n) is 23.1. The van der Waals surface area contributed by atoms with E-state index in [1.54, 1.807) is 30.3 Å². The van der Waals surface area contributed by atoms with E-state index >= 15 is 0 Å². The number of likely N-dealkylation sites (N-methyl/N-ethyl adjacent to an activating group) is 1. The van der Waals surface area contributed by atoms with Crippen molar-refractivity contribution in [2.45, 2.75) is 57.1 Å². The number of halogens is 2. The molecule has 0 aliphatic heterocycles. The van der Waals surface area contributed by atoms with Gasteiger partial charge in [-0.3, -0.25) is 9.59 Å². The summed E-state index contributed by atoms with van der Waals surface area (Å²) < 4.78 is 27.6. The molecule has 0 aliphatic carbocycles. The summed E-state index contributed by atoms with van der Waals surface area (Å²) in [6, 6.07) is 19.7. The first kappa shape index (κ1) is 31.6.